The molecule has 112 valence electrons. The summed E-state index contributed by atoms with van der Waals surface area (Å²) in [6.45, 7) is 1.69. The number of sulfonamides is 1. The average molecular weight is 302 g/mol. The lowest BCUT2D eigenvalue weighted by Gasteiger charge is -2.31. The molecule has 1 aromatic rings. The van der Waals surface area contributed by atoms with E-state index in [0.717, 1.165) is 10.6 Å². The minimum atomic E-state index is -3.78. The van der Waals surface area contributed by atoms with Crippen molar-refractivity contribution in [3.63, 3.8) is 0 Å². The first-order valence-corrected chi connectivity index (χ1v) is 8.00. The van der Waals surface area contributed by atoms with Gasteiger partial charge >= 0.3 is 0 Å². The standard InChI is InChI=1S/C13H19FN2O3S/c1-5-11(13(17)15(2)3)16(20(4,18)19)12-9-7-6-8-10(12)14/h6-9,11H,5H2,1-4H3. The Bertz CT molecular complexity index is 587. The monoisotopic (exact) mass is 302 g/mol. The molecule has 20 heavy (non-hydrogen) atoms. The highest BCUT2D eigenvalue weighted by Gasteiger charge is 2.33. The van der Waals surface area contributed by atoms with Gasteiger partial charge in [-0.2, -0.15) is 0 Å². The summed E-state index contributed by atoms with van der Waals surface area (Å²) in [4.78, 5) is 13.4. The van der Waals surface area contributed by atoms with Crippen LogP contribution in [0.1, 0.15) is 13.3 Å². The molecule has 0 saturated carbocycles. The van der Waals surface area contributed by atoms with E-state index in [1.54, 1.807) is 6.92 Å². The quantitative estimate of drug-likeness (QED) is 0.827. The fourth-order valence-electron chi connectivity index (χ4n) is 1.95. The number of carbonyl (C=O) groups excluding carboxylic acids is 1. The van der Waals surface area contributed by atoms with E-state index in [1.165, 1.54) is 43.3 Å². The third-order valence-electron chi connectivity index (χ3n) is 2.84. The molecule has 0 aromatic heterocycles. The van der Waals surface area contributed by atoms with Crippen LogP contribution < -0.4 is 4.31 Å². The van der Waals surface area contributed by atoms with Gasteiger partial charge in [0.15, 0.2) is 0 Å². The Morgan fingerprint density at radius 3 is 2.25 bits per heavy atom. The van der Waals surface area contributed by atoms with E-state index in [-0.39, 0.29) is 18.0 Å². The third kappa shape index (κ3) is 3.47. The van der Waals surface area contributed by atoms with Gasteiger partial charge in [0.05, 0.1) is 11.9 Å². The zero-order valence-electron chi connectivity index (χ0n) is 12.0. The Hall–Kier alpha value is -1.63. The maximum Gasteiger partial charge on any atom is 0.245 e. The molecule has 0 heterocycles. The van der Waals surface area contributed by atoms with Crippen LogP contribution in [0.4, 0.5) is 10.1 Å². The highest BCUT2D eigenvalue weighted by molar-refractivity contribution is 7.92. The molecule has 0 aliphatic heterocycles. The number of rotatable bonds is 5. The van der Waals surface area contributed by atoms with Crippen LogP contribution in [-0.2, 0) is 14.8 Å². The van der Waals surface area contributed by atoms with Crippen LogP contribution in [0.3, 0.4) is 0 Å². The number of carbonyl (C=O) groups is 1. The number of likely N-dealkylation sites (N-methyl/N-ethyl adjacent to an activating group) is 1. The molecule has 0 N–H and O–H groups in total. The maximum atomic E-state index is 13.9. The van der Waals surface area contributed by atoms with Crippen LogP contribution in [0.2, 0.25) is 0 Å². The minimum Gasteiger partial charge on any atom is -0.347 e. The van der Waals surface area contributed by atoms with Gasteiger partial charge in [-0.1, -0.05) is 19.1 Å². The Morgan fingerprint density at radius 2 is 1.85 bits per heavy atom. The van der Waals surface area contributed by atoms with Crippen LogP contribution in [0, 0.1) is 5.82 Å². The van der Waals surface area contributed by atoms with Gasteiger partial charge in [-0.25, -0.2) is 12.8 Å². The molecule has 1 aromatic carbocycles. The van der Waals surface area contributed by atoms with E-state index in [4.69, 9.17) is 0 Å². The van der Waals surface area contributed by atoms with Gasteiger partial charge in [0, 0.05) is 14.1 Å². The minimum absolute atomic E-state index is 0.114. The van der Waals surface area contributed by atoms with Crippen LogP contribution in [0.25, 0.3) is 0 Å². The number of hydrogen-bond acceptors (Lipinski definition) is 3. The molecule has 0 aliphatic carbocycles. The number of hydrogen-bond donors (Lipinski definition) is 0. The zero-order chi connectivity index (χ0) is 15.5. The smallest absolute Gasteiger partial charge is 0.245 e. The normalized spacial score (nSPS) is 12.8. The molecular weight excluding hydrogens is 283 g/mol. The number of benzene rings is 1. The second-order valence-electron chi connectivity index (χ2n) is 4.67. The lowest BCUT2D eigenvalue weighted by atomic mass is 10.2. The van der Waals surface area contributed by atoms with E-state index < -0.39 is 21.9 Å². The average Bonchev–Trinajstić information content (AvgIpc) is 2.34. The van der Waals surface area contributed by atoms with Crippen molar-refractivity contribution in [3.8, 4) is 0 Å². The van der Waals surface area contributed by atoms with Crippen molar-refractivity contribution in [1.29, 1.82) is 0 Å². The molecule has 1 amide bonds. The van der Waals surface area contributed by atoms with Crippen molar-refractivity contribution < 1.29 is 17.6 Å². The first kappa shape index (κ1) is 16.4. The molecule has 5 nitrogen and oxygen atoms in total. The molecule has 0 aliphatic rings. The first-order chi connectivity index (χ1) is 9.20. The van der Waals surface area contributed by atoms with Crippen molar-refractivity contribution in [3.05, 3.63) is 30.1 Å². The first-order valence-electron chi connectivity index (χ1n) is 6.15. The molecule has 7 heteroatoms. The van der Waals surface area contributed by atoms with Crippen LogP contribution in [0.15, 0.2) is 24.3 Å². The van der Waals surface area contributed by atoms with E-state index in [0.29, 0.717) is 0 Å². The molecular formula is C13H19FN2O3S. The van der Waals surface area contributed by atoms with Crippen molar-refractivity contribution in [2.24, 2.45) is 0 Å². The summed E-state index contributed by atoms with van der Waals surface area (Å²) in [5, 5.41) is 0. The van der Waals surface area contributed by atoms with Crippen LogP contribution in [0.5, 0.6) is 0 Å². The van der Waals surface area contributed by atoms with Crippen molar-refractivity contribution in [2.75, 3.05) is 24.7 Å². The Balaban J connectivity index is 3.41. The highest BCUT2D eigenvalue weighted by Crippen LogP contribution is 2.25. The molecule has 0 fully saturated rings. The van der Waals surface area contributed by atoms with E-state index in [1.807, 2.05) is 0 Å². The lowest BCUT2D eigenvalue weighted by molar-refractivity contribution is -0.129. The Kier molecular flexibility index (Phi) is 5.10. The molecule has 0 bridgehead atoms. The number of para-hydroxylation sites is 1. The second-order valence-corrected chi connectivity index (χ2v) is 6.53. The molecule has 0 saturated heterocycles. The van der Waals surface area contributed by atoms with E-state index >= 15 is 0 Å². The van der Waals surface area contributed by atoms with Crippen LogP contribution in [-0.4, -0.2) is 45.6 Å². The van der Waals surface area contributed by atoms with Gasteiger partial charge in [-0.3, -0.25) is 9.10 Å². The summed E-state index contributed by atoms with van der Waals surface area (Å²) in [7, 11) is -0.715. The largest absolute Gasteiger partial charge is 0.347 e. The summed E-state index contributed by atoms with van der Waals surface area (Å²) < 4.78 is 38.8. The SMILES string of the molecule is CCC(C(=O)N(C)C)N(c1ccccc1F)S(C)(=O)=O. The Morgan fingerprint density at radius 1 is 1.30 bits per heavy atom. The summed E-state index contributed by atoms with van der Waals surface area (Å²) >= 11 is 0. The number of halogens is 1. The molecule has 0 spiro atoms. The number of nitrogens with zero attached hydrogens (tertiary/aromatic N) is 2. The van der Waals surface area contributed by atoms with Gasteiger partial charge in [0.1, 0.15) is 11.9 Å². The molecule has 1 rings (SSSR count). The van der Waals surface area contributed by atoms with Gasteiger partial charge in [0.25, 0.3) is 0 Å². The summed E-state index contributed by atoms with van der Waals surface area (Å²) in [5.41, 5.74) is -0.114. The topological polar surface area (TPSA) is 57.7 Å². The molecule has 0 radical (unpaired) electrons. The lowest BCUT2D eigenvalue weighted by Crippen LogP contribution is -2.49. The summed E-state index contributed by atoms with van der Waals surface area (Å²) in [6, 6.07) is 4.55. The van der Waals surface area contributed by atoms with Crippen molar-refractivity contribution >= 4 is 21.6 Å². The van der Waals surface area contributed by atoms with Crippen molar-refractivity contribution in [1.82, 2.24) is 4.90 Å². The summed E-state index contributed by atoms with van der Waals surface area (Å²) in [6.07, 6.45) is 1.21. The van der Waals surface area contributed by atoms with Gasteiger partial charge < -0.3 is 4.90 Å². The zero-order valence-corrected chi connectivity index (χ0v) is 12.8. The van der Waals surface area contributed by atoms with Gasteiger partial charge in [-0.15, -0.1) is 0 Å². The van der Waals surface area contributed by atoms with E-state index in [2.05, 4.69) is 0 Å². The van der Waals surface area contributed by atoms with E-state index in [9.17, 15) is 17.6 Å². The van der Waals surface area contributed by atoms with Crippen LogP contribution >= 0.6 is 0 Å². The third-order valence-corrected chi connectivity index (χ3v) is 4.01. The molecule has 1 atom stereocenters. The highest BCUT2D eigenvalue weighted by atomic mass is 32.2. The number of anilines is 1. The van der Waals surface area contributed by atoms with Gasteiger partial charge in [-0.05, 0) is 18.6 Å². The predicted octanol–water partition coefficient (Wildman–Crippen LogP) is 1.46. The predicted molar refractivity (Wildman–Crippen MR) is 76.5 cm³/mol. The fraction of sp³-hybridized carbons (Fsp3) is 0.462. The second kappa shape index (κ2) is 6.21. The number of amides is 1. The Labute approximate surface area is 119 Å². The molecule has 1 unspecified atom stereocenters. The van der Waals surface area contributed by atoms with Crippen molar-refractivity contribution in [2.45, 2.75) is 19.4 Å². The summed E-state index contributed by atoms with van der Waals surface area (Å²) in [5.74, 6) is -1.07. The van der Waals surface area contributed by atoms with Gasteiger partial charge in [0.2, 0.25) is 15.9 Å². The maximum absolute atomic E-state index is 13.9. The fourth-order valence-corrected chi connectivity index (χ4v) is 3.15.